The van der Waals surface area contributed by atoms with Crippen LogP contribution in [-0.2, 0) is 22.6 Å². The third kappa shape index (κ3) is 6.24. The van der Waals surface area contributed by atoms with Gasteiger partial charge in [-0.05, 0) is 53.4 Å². The molecule has 1 N–H and O–H groups in total. The molecule has 1 fully saturated rings. The molecule has 1 aromatic carbocycles. The number of thiophene rings is 2. The van der Waals surface area contributed by atoms with E-state index in [-0.39, 0.29) is 24.3 Å². The van der Waals surface area contributed by atoms with E-state index in [4.69, 9.17) is 4.74 Å². The van der Waals surface area contributed by atoms with Crippen LogP contribution in [0, 0.1) is 0 Å². The predicted octanol–water partition coefficient (Wildman–Crippen LogP) is 5.58. The maximum atomic E-state index is 13.6. The number of benzene rings is 1. The molecule has 2 amide bonds. The standard InChI is InChI=1S/C26H30N2O3S2/c1-31-21-13-11-19(12-14-21)18-28(24(29)17-22-9-5-15-32-22)25(23-10-6-16-33-23)26(30)27-20-7-3-2-4-8-20/h5-6,9-16,20,25H,2-4,7-8,17-18H2,1H3,(H,27,30)/t25-/m0/s1. The fraction of sp³-hybridized carbons (Fsp3) is 0.385. The number of nitrogens with one attached hydrogen (secondary N) is 1. The van der Waals surface area contributed by atoms with Crippen LogP contribution in [0.25, 0.3) is 0 Å². The second kappa shape index (κ2) is 11.5. The number of rotatable bonds is 9. The Labute approximate surface area is 203 Å². The van der Waals surface area contributed by atoms with Crippen molar-refractivity contribution in [3.8, 4) is 5.75 Å². The van der Waals surface area contributed by atoms with Crippen LogP contribution in [0.3, 0.4) is 0 Å². The van der Waals surface area contributed by atoms with E-state index < -0.39 is 6.04 Å². The Balaban J connectivity index is 1.63. The highest BCUT2D eigenvalue weighted by Gasteiger charge is 2.33. The van der Waals surface area contributed by atoms with Gasteiger partial charge in [0.05, 0.1) is 13.5 Å². The van der Waals surface area contributed by atoms with Crippen LogP contribution in [-0.4, -0.2) is 29.9 Å². The van der Waals surface area contributed by atoms with Gasteiger partial charge in [0, 0.05) is 22.3 Å². The van der Waals surface area contributed by atoms with Crippen LogP contribution in [0.2, 0.25) is 0 Å². The van der Waals surface area contributed by atoms with E-state index in [1.807, 2.05) is 59.3 Å². The molecule has 2 heterocycles. The number of methoxy groups -OCH3 is 1. The highest BCUT2D eigenvalue weighted by Crippen LogP contribution is 2.30. The van der Waals surface area contributed by atoms with E-state index in [9.17, 15) is 9.59 Å². The van der Waals surface area contributed by atoms with Crippen LogP contribution in [0.15, 0.2) is 59.3 Å². The van der Waals surface area contributed by atoms with Gasteiger partial charge in [-0.15, -0.1) is 22.7 Å². The summed E-state index contributed by atoms with van der Waals surface area (Å²) in [5.74, 6) is 0.628. The first-order valence-electron chi connectivity index (χ1n) is 11.4. The molecule has 5 nitrogen and oxygen atoms in total. The molecule has 1 atom stereocenters. The summed E-state index contributed by atoms with van der Waals surface area (Å²) < 4.78 is 5.28. The molecule has 1 aliphatic rings. The third-order valence-electron chi connectivity index (χ3n) is 6.06. The van der Waals surface area contributed by atoms with Gasteiger partial charge in [0.15, 0.2) is 0 Å². The van der Waals surface area contributed by atoms with Gasteiger partial charge in [-0.3, -0.25) is 9.59 Å². The molecule has 2 aromatic heterocycles. The van der Waals surface area contributed by atoms with Crippen molar-refractivity contribution in [2.24, 2.45) is 0 Å². The lowest BCUT2D eigenvalue weighted by atomic mass is 9.95. The second-order valence-electron chi connectivity index (χ2n) is 8.39. The average Bonchev–Trinajstić information content (AvgIpc) is 3.54. The van der Waals surface area contributed by atoms with Gasteiger partial charge in [-0.1, -0.05) is 43.5 Å². The fourth-order valence-corrected chi connectivity index (χ4v) is 5.84. The van der Waals surface area contributed by atoms with E-state index >= 15 is 0 Å². The van der Waals surface area contributed by atoms with E-state index in [2.05, 4.69) is 5.32 Å². The molecule has 0 aliphatic heterocycles. The summed E-state index contributed by atoms with van der Waals surface area (Å²) in [4.78, 5) is 30.9. The highest BCUT2D eigenvalue weighted by atomic mass is 32.1. The molecule has 0 unspecified atom stereocenters. The number of amides is 2. The molecule has 0 bridgehead atoms. The minimum absolute atomic E-state index is 0.0505. The van der Waals surface area contributed by atoms with Crippen molar-refractivity contribution < 1.29 is 14.3 Å². The summed E-state index contributed by atoms with van der Waals surface area (Å²) in [6.45, 7) is 0.356. The number of ether oxygens (including phenoxy) is 1. The van der Waals surface area contributed by atoms with Crippen LogP contribution in [0.4, 0.5) is 0 Å². The van der Waals surface area contributed by atoms with Crippen molar-refractivity contribution in [1.29, 1.82) is 0 Å². The van der Waals surface area contributed by atoms with Crippen LogP contribution >= 0.6 is 22.7 Å². The molecule has 0 spiro atoms. The van der Waals surface area contributed by atoms with E-state index in [0.29, 0.717) is 6.54 Å². The largest absolute Gasteiger partial charge is 0.497 e. The first kappa shape index (κ1) is 23.5. The molecule has 7 heteroatoms. The second-order valence-corrected chi connectivity index (χ2v) is 10.4. The number of carbonyl (C=O) groups excluding carboxylic acids is 2. The molecule has 1 aliphatic carbocycles. The third-order valence-corrected chi connectivity index (χ3v) is 7.86. The zero-order chi connectivity index (χ0) is 23.0. The minimum Gasteiger partial charge on any atom is -0.497 e. The number of hydrogen-bond acceptors (Lipinski definition) is 5. The van der Waals surface area contributed by atoms with E-state index in [0.717, 1.165) is 46.8 Å². The first-order valence-corrected chi connectivity index (χ1v) is 13.2. The van der Waals surface area contributed by atoms with Gasteiger partial charge in [-0.25, -0.2) is 0 Å². The Morgan fingerprint density at radius 1 is 1.03 bits per heavy atom. The summed E-state index contributed by atoms with van der Waals surface area (Å²) in [5.41, 5.74) is 0.961. The summed E-state index contributed by atoms with van der Waals surface area (Å²) in [7, 11) is 1.63. The first-order chi connectivity index (χ1) is 16.1. The molecule has 0 radical (unpaired) electrons. The molecule has 1 saturated carbocycles. The topological polar surface area (TPSA) is 58.6 Å². The molecule has 3 aromatic rings. The lowest BCUT2D eigenvalue weighted by Gasteiger charge is -2.33. The van der Waals surface area contributed by atoms with Crippen molar-refractivity contribution in [2.45, 2.75) is 57.2 Å². The zero-order valence-corrected chi connectivity index (χ0v) is 20.5. The van der Waals surface area contributed by atoms with E-state index in [1.54, 1.807) is 23.3 Å². The Morgan fingerprint density at radius 2 is 1.76 bits per heavy atom. The normalized spacial score (nSPS) is 15.1. The predicted molar refractivity (Wildman–Crippen MR) is 134 cm³/mol. The Hall–Kier alpha value is -2.64. The molecule has 33 heavy (non-hydrogen) atoms. The maximum Gasteiger partial charge on any atom is 0.248 e. The lowest BCUT2D eigenvalue weighted by molar-refractivity contribution is -0.141. The SMILES string of the molecule is COc1ccc(CN(C(=O)Cc2cccs2)[C@H](C(=O)NC2CCCCC2)c2cccs2)cc1. The maximum absolute atomic E-state index is 13.6. The summed E-state index contributed by atoms with van der Waals surface area (Å²) >= 11 is 3.08. The molecular weight excluding hydrogens is 452 g/mol. The monoisotopic (exact) mass is 482 g/mol. The van der Waals surface area contributed by atoms with Crippen LogP contribution < -0.4 is 10.1 Å². The number of nitrogens with zero attached hydrogens (tertiary/aromatic N) is 1. The van der Waals surface area contributed by atoms with Gasteiger partial charge in [0.25, 0.3) is 0 Å². The quantitative estimate of drug-likeness (QED) is 0.433. The number of hydrogen-bond donors (Lipinski definition) is 1. The number of carbonyl (C=O) groups is 2. The Bertz CT molecular complexity index is 1010. The van der Waals surface area contributed by atoms with Gasteiger partial charge in [0.2, 0.25) is 11.8 Å². The van der Waals surface area contributed by atoms with Crippen LogP contribution in [0.1, 0.15) is 53.5 Å². The molecular formula is C26H30N2O3S2. The molecule has 0 saturated heterocycles. The van der Waals surface area contributed by atoms with Crippen molar-refractivity contribution in [3.05, 3.63) is 74.6 Å². The van der Waals surface area contributed by atoms with Gasteiger partial charge in [-0.2, -0.15) is 0 Å². The van der Waals surface area contributed by atoms with Crippen molar-refractivity contribution in [1.82, 2.24) is 10.2 Å². The minimum atomic E-state index is -0.651. The summed E-state index contributed by atoms with van der Waals surface area (Å²) in [6.07, 6.45) is 5.80. The van der Waals surface area contributed by atoms with Gasteiger partial charge < -0.3 is 15.0 Å². The summed E-state index contributed by atoms with van der Waals surface area (Å²) in [5, 5.41) is 7.20. The lowest BCUT2D eigenvalue weighted by Crippen LogP contribution is -2.47. The van der Waals surface area contributed by atoms with E-state index in [1.165, 1.54) is 17.8 Å². The van der Waals surface area contributed by atoms with Gasteiger partial charge in [0.1, 0.15) is 11.8 Å². The molecule has 174 valence electrons. The van der Waals surface area contributed by atoms with Gasteiger partial charge >= 0.3 is 0 Å². The smallest absolute Gasteiger partial charge is 0.248 e. The van der Waals surface area contributed by atoms with Crippen molar-refractivity contribution in [3.63, 3.8) is 0 Å². The summed E-state index contributed by atoms with van der Waals surface area (Å²) in [6, 6.07) is 15.0. The Morgan fingerprint density at radius 3 is 2.39 bits per heavy atom. The Kier molecular flexibility index (Phi) is 8.18. The zero-order valence-electron chi connectivity index (χ0n) is 18.9. The fourth-order valence-electron chi connectivity index (χ4n) is 4.31. The van der Waals surface area contributed by atoms with Crippen molar-refractivity contribution >= 4 is 34.5 Å². The molecule has 4 rings (SSSR count). The highest BCUT2D eigenvalue weighted by molar-refractivity contribution is 7.10. The average molecular weight is 483 g/mol. The van der Waals surface area contributed by atoms with Crippen LogP contribution in [0.5, 0.6) is 5.75 Å². The van der Waals surface area contributed by atoms with Crippen molar-refractivity contribution in [2.75, 3.05) is 7.11 Å².